The standard InChI is InChI=1S/C17H12N4O2S/c18-15-11-7-6-10(23-9-4-2-1-3-5-9)8-12(11)13(20-15)14-16(19)21-17(22)24-14/h1-8H,(H2,18,20)(H2,19,21,22). The molecule has 0 spiro atoms. The summed E-state index contributed by atoms with van der Waals surface area (Å²) in [5, 5.41) is 21.1. The van der Waals surface area contributed by atoms with Crippen LogP contribution < -0.4 is 15.4 Å². The summed E-state index contributed by atoms with van der Waals surface area (Å²) >= 11 is 0.951. The number of hydrogen-bond donors (Lipinski definition) is 4. The molecular formula is C17H12N4O2S. The van der Waals surface area contributed by atoms with Crippen LogP contribution in [0.5, 0.6) is 11.5 Å². The summed E-state index contributed by atoms with van der Waals surface area (Å²) in [6, 6.07) is 14.8. The number of nitrogens with one attached hydrogen (secondary N) is 4. The topological polar surface area (TPSA) is 98.1 Å². The molecule has 24 heavy (non-hydrogen) atoms. The summed E-state index contributed by atoms with van der Waals surface area (Å²) in [5.74, 6) is 1.63. The van der Waals surface area contributed by atoms with Gasteiger partial charge in [-0.1, -0.05) is 18.2 Å². The predicted octanol–water partition coefficient (Wildman–Crippen LogP) is 3.51. The summed E-state index contributed by atoms with van der Waals surface area (Å²) < 4.78 is 5.83. The van der Waals surface area contributed by atoms with Gasteiger partial charge in [-0.3, -0.25) is 15.6 Å². The van der Waals surface area contributed by atoms with Crippen molar-refractivity contribution in [2.24, 2.45) is 0 Å². The number of hydrogen-bond acceptors (Lipinski definition) is 5. The van der Waals surface area contributed by atoms with Gasteiger partial charge in [-0.25, -0.2) is 0 Å². The first-order valence-corrected chi connectivity index (χ1v) is 7.99. The average Bonchev–Trinajstić information content (AvgIpc) is 3.07. The third-order valence-corrected chi connectivity index (χ3v) is 4.53. The number of amidine groups is 2. The Bertz CT molecular complexity index is 921. The highest BCUT2D eigenvalue weighted by molar-refractivity contribution is 8.18. The molecule has 1 fully saturated rings. The van der Waals surface area contributed by atoms with Crippen molar-refractivity contribution in [3.63, 3.8) is 0 Å². The molecule has 4 rings (SSSR count). The molecule has 4 N–H and O–H groups in total. The van der Waals surface area contributed by atoms with Gasteiger partial charge in [0.05, 0.1) is 10.6 Å². The van der Waals surface area contributed by atoms with Crippen molar-refractivity contribution in [2.75, 3.05) is 0 Å². The predicted molar refractivity (Wildman–Crippen MR) is 93.7 cm³/mol. The van der Waals surface area contributed by atoms with E-state index in [-0.39, 0.29) is 16.9 Å². The lowest BCUT2D eigenvalue weighted by molar-refractivity contribution is 0.265. The lowest BCUT2D eigenvalue weighted by Gasteiger charge is -2.08. The Kier molecular flexibility index (Phi) is 3.35. The van der Waals surface area contributed by atoms with Gasteiger partial charge in [0, 0.05) is 11.1 Å². The van der Waals surface area contributed by atoms with E-state index in [4.69, 9.17) is 15.6 Å². The van der Waals surface area contributed by atoms with E-state index in [9.17, 15) is 4.79 Å². The minimum absolute atomic E-state index is 0.0440. The Morgan fingerprint density at radius 1 is 0.875 bits per heavy atom. The summed E-state index contributed by atoms with van der Waals surface area (Å²) in [7, 11) is 0. The van der Waals surface area contributed by atoms with Crippen molar-refractivity contribution in [1.82, 2.24) is 10.6 Å². The van der Waals surface area contributed by atoms with Crippen LogP contribution in [0, 0.1) is 10.8 Å². The number of thioether (sulfide) groups is 1. The molecule has 1 saturated heterocycles. The summed E-state index contributed by atoms with van der Waals surface area (Å²) in [4.78, 5) is 12.0. The minimum Gasteiger partial charge on any atom is -0.457 e. The molecule has 0 aromatic heterocycles. The monoisotopic (exact) mass is 336 g/mol. The zero-order valence-electron chi connectivity index (χ0n) is 12.3. The highest BCUT2D eigenvalue weighted by Crippen LogP contribution is 2.37. The first kappa shape index (κ1) is 14.5. The van der Waals surface area contributed by atoms with Crippen molar-refractivity contribution in [3.8, 4) is 11.5 Å². The van der Waals surface area contributed by atoms with Crippen LogP contribution in [-0.2, 0) is 0 Å². The number of benzene rings is 2. The van der Waals surface area contributed by atoms with Gasteiger partial charge in [0.15, 0.2) is 0 Å². The summed E-state index contributed by atoms with van der Waals surface area (Å²) in [6.07, 6.45) is 0. The second kappa shape index (κ2) is 5.54. The van der Waals surface area contributed by atoms with Gasteiger partial charge in [0.2, 0.25) is 0 Å². The molecule has 0 radical (unpaired) electrons. The smallest absolute Gasteiger partial charge is 0.289 e. The Morgan fingerprint density at radius 2 is 1.67 bits per heavy atom. The number of carbonyl (C=O) groups is 1. The number of carbonyl (C=O) groups excluding carboxylic acids is 1. The molecule has 0 aliphatic carbocycles. The van der Waals surface area contributed by atoms with Crippen LogP contribution in [0.2, 0.25) is 0 Å². The number of fused-ring (bicyclic) bond motifs is 1. The molecule has 2 aliphatic rings. The molecule has 118 valence electrons. The number of ether oxygens (including phenoxy) is 1. The third-order valence-electron chi connectivity index (χ3n) is 3.63. The van der Waals surface area contributed by atoms with Crippen molar-refractivity contribution in [3.05, 3.63) is 64.6 Å². The number of rotatable bonds is 2. The van der Waals surface area contributed by atoms with Gasteiger partial charge in [-0.2, -0.15) is 0 Å². The van der Waals surface area contributed by atoms with E-state index in [0.717, 1.165) is 17.3 Å². The lowest BCUT2D eigenvalue weighted by atomic mass is 10.1. The fourth-order valence-corrected chi connectivity index (χ4v) is 3.33. The fourth-order valence-electron chi connectivity index (χ4n) is 2.58. The highest BCUT2D eigenvalue weighted by atomic mass is 32.2. The minimum atomic E-state index is -0.291. The summed E-state index contributed by atoms with van der Waals surface area (Å²) in [5.41, 5.74) is 2.05. The van der Waals surface area contributed by atoms with E-state index in [1.54, 1.807) is 12.1 Å². The molecule has 7 heteroatoms. The van der Waals surface area contributed by atoms with Gasteiger partial charge in [-0.05, 0) is 42.1 Å². The van der Waals surface area contributed by atoms with Gasteiger partial charge in [-0.15, -0.1) is 0 Å². The quantitative estimate of drug-likeness (QED) is 0.674. The maximum Gasteiger partial charge on any atom is 0.289 e. The van der Waals surface area contributed by atoms with E-state index < -0.39 is 0 Å². The first-order valence-electron chi connectivity index (χ1n) is 7.17. The van der Waals surface area contributed by atoms with Gasteiger partial charge < -0.3 is 15.4 Å². The van der Waals surface area contributed by atoms with Crippen LogP contribution in [0.25, 0.3) is 5.70 Å². The molecule has 2 heterocycles. The van der Waals surface area contributed by atoms with Crippen molar-refractivity contribution < 1.29 is 9.53 Å². The fraction of sp³-hybridized carbons (Fsp3) is 0. The summed E-state index contributed by atoms with van der Waals surface area (Å²) in [6.45, 7) is 0. The lowest BCUT2D eigenvalue weighted by Crippen LogP contribution is -2.19. The second-order valence-corrected chi connectivity index (χ2v) is 6.20. The molecule has 2 aromatic rings. The maximum absolute atomic E-state index is 11.5. The zero-order valence-corrected chi connectivity index (χ0v) is 13.2. The Morgan fingerprint density at radius 3 is 2.38 bits per heavy atom. The molecule has 6 nitrogen and oxygen atoms in total. The zero-order chi connectivity index (χ0) is 16.7. The SMILES string of the molecule is N=C1NC(=O)SC1=C1NC(=N)c2ccc(Oc3ccccc3)cc21. The van der Waals surface area contributed by atoms with E-state index in [1.165, 1.54) is 0 Å². The van der Waals surface area contributed by atoms with E-state index in [1.807, 2.05) is 36.4 Å². The molecule has 0 unspecified atom stereocenters. The van der Waals surface area contributed by atoms with Crippen LogP contribution >= 0.6 is 11.8 Å². The van der Waals surface area contributed by atoms with E-state index >= 15 is 0 Å². The van der Waals surface area contributed by atoms with Crippen LogP contribution in [0.15, 0.2) is 53.4 Å². The van der Waals surface area contributed by atoms with Crippen molar-refractivity contribution in [2.45, 2.75) is 0 Å². The second-order valence-electron chi connectivity index (χ2n) is 5.22. The van der Waals surface area contributed by atoms with E-state index in [0.29, 0.717) is 27.7 Å². The van der Waals surface area contributed by atoms with Crippen LogP contribution in [0.3, 0.4) is 0 Å². The molecule has 0 atom stereocenters. The van der Waals surface area contributed by atoms with E-state index in [2.05, 4.69) is 10.6 Å². The molecule has 0 bridgehead atoms. The third kappa shape index (κ3) is 2.44. The Labute approximate surface area is 141 Å². The number of para-hydroxylation sites is 1. The average molecular weight is 336 g/mol. The maximum atomic E-state index is 11.5. The molecule has 2 aliphatic heterocycles. The molecule has 2 aromatic carbocycles. The van der Waals surface area contributed by atoms with Gasteiger partial charge in [0.25, 0.3) is 5.24 Å². The van der Waals surface area contributed by atoms with Gasteiger partial charge in [0.1, 0.15) is 23.2 Å². The Balaban J connectivity index is 1.76. The van der Waals surface area contributed by atoms with Crippen molar-refractivity contribution >= 4 is 34.4 Å². The van der Waals surface area contributed by atoms with Crippen molar-refractivity contribution in [1.29, 1.82) is 10.8 Å². The molecular weight excluding hydrogens is 324 g/mol. The Hall–Kier alpha value is -3.06. The van der Waals surface area contributed by atoms with Gasteiger partial charge >= 0.3 is 0 Å². The highest BCUT2D eigenvalue weighted by Gasteiger charge is 2.31. The first-order chi connectivity index (χ1) is 11.6. The molecule has 0 saturated carbocycles. The van der Waals surface area contributed by atoms with Crippen LogP contribution in [-0.4, -0.2) is 16.9 Å². The van der Waals surface area contributed by atoms with Crippen LogP contribution in [0.1, 0.15) is 11.1 Å². The largest absolute Gasteiger partial charge is 0.457 e. The normalized spacial score (nSPS) is 19.1. The molecule has 1 amide bonds. The number of amides is 1. The van der Waals surface area contributed by atoms with Crippen LogP contribution in [0.4, 0.5) is 4.79 Å².